The van der Waals surface area contributed by atoms with Crippen molar-refractivity contribution in [2.45, 2.75) is 63.2 Å². The highest BCUT2D eigenvalue weighted by molar-refractivity contribution is 5.94. The molecule has 1 aromatic carbocycles. The third-order valence-electron chi connectivity index (χ3n) is 7.00. The second-order valence-corrected chi connectivity index (χ2v) is 9.15. The van der Waals surface area contributed by atoms with Crippen LogP contribution in [0.3, 0.4) is 0 Å². The molecule has 7 nitrogen and oxygen atoms in total. The lowest BCUT2D eigenvalue weighted by atomic mass is 10.0. The van der Waals surface area contributed by atoms with Crippen LogP contribution < -0.4 is 4.74 Å². The predicted molar refractivity (Wildman–Crippen MR) is 118 cm³/mol. The number of piperidine rings is 1. The topological polar surface area (TPSA) is 70.8 Å². The summed E-state index contributed by atoms with van der Waals surface area (Å²) in [6.45, 7) is 3.28. The molecule has 1 amide bonds. The van der Waals surface area contributed by atoms with Gasteiger partial charge in [0.25, 0.3) is 5.91 Å². The minimum Gasteiger partial charge on any atom is -0.490 e. The van der Waals surface area contributed by atoms with E-state index in [1.54, 1.807) is 22.0 Å². The van der Waals surface area contributed by atoms with Gasteiger partial charge in [-0.25, -0.2) is 4.68 Å². The summed E-state index contributed by atoms with van der Waals surface area (Å²) in [5, 5.41) is 14.0. The molecule has 1 aliphatic carbocycles. The molecule has 3 aliphatic rings. The standard InChI is InChI=1S/C24H32N4O3/c29-21-9-12-27(17-21)24(30)18-15-25-28(16-18)20-5-7-22(8-6-20)31-23-10-13-26(14-11-23)19-3-1-2-4-19/h5-8,15-16,19,21,23,29H,1-4,9-14,17H2. The van der Waals surface area contributed by atoms with E-state index in [0.29, 0.717) is 25.1 Å². The van der Waals surface area contributed by atoms with Gasteiger partial charge in [0.2, 0.25) is 0 Å². The van der Waals surface area contributed by atoms with E-state index in [0.717, 1.165) is 43.4 Å². The van der Waals surface area contributed by atoms with Gasteiger partial charge in [0.05, 0.1) is 23.6 Å². The molecule has 166 valence electrons. The number of aliphatic hydroxyl groups excluding tert-OH is 1. The first-order chi connectivity index (χ1) is 15.2. The Morgan fingerprint density at radius 1 is 1.00 bits per heavy atom. The number of likely N-dealkylation sites (tertiary alicyclic amines) is 2. The number of carbonyl (C=O) groups excluding carboxylic acids is 1. The number of ether oxygens (including phenoxy) is 1. The molecule has 7 heteroatoms. The van der Waals surface area contributed by atoms with Crippen molar-refractivity contribution in [3.05, 3.63) is 42.2 Å². The maximum absolute atomic E-state index is 12.6. The summed E-state index contributed by atoms with van der Waals surface area (Å²) in [7, 11) is 0. The summed E-state index contributed by atoms with van der Waals surface area (Å²) in [5.74, 6) is 0.810. The summed E-state index contributed by atoms with van der Waals surface area (Å²) in [6.07, 6.45) is 11.6. The molecule has 1 unspecified atom stereocenters. The number of hydrogen-bond donors (Lipinski definition) is 1. The predicted octanol–water partition coefficient (Wildman–Crippen LogP) is 2.86. The van der Waals surface area contributed by atoms with Gasteiger partial charge >= 0.3 is 0 Å². The molecule has 0 bridgehead atoms. The van der Waals surface area contributed by atoms with Crippen LogP contribution in [0.5, 0.6) is 5.75 Å². The van der Waals surface area contributed by atoms with Crippen molar-refractivity contribution >= 4 is 5.91 Å². The van der Waals surface area contributed by atoms with Crippen molar-refractivity contribution in [1.29, 1.82) is 0 Å². The van der Waals surface area contributed by atoms with Gasteiger partial charge in [-0.1, -0.05) is 12.8 Å². The van der Waals surface area contributed by atoms with E-state index in [1.165, 1.54) is 25.7 Å². The van der Waals surface area contributed by atoms with Crippen LogP contribution in [0, 0.1) is 0 Å². The zero-order chi connectivity index (χ0) is 21.2. The first kappa shape index (κ1) is 20.5. The lowest BCUT2D eigenvalue weighted by Gasteiger charge is -2.36. The average Bonchev–Trinajstić information content (AvgIpc) is 3.56. The van der Waals surface area contributed by atoms with Crippen molar-refractivity contribution in [3.63, 3.8) is 0 Å². The Morgan fingerprint density at radius 3 is 2.42 bits per heavy atom. The van der Waals surface area contributed by atoms with Crippen LogP contribution in [0.1, 0.15) is 55.3 Å². The number of nitrogens with zero attached hydrogens (tertiary/aromatic N) is 4. The molecule has 1 N–H and O–H groups in total. The first-order valence-electron chi connectivity index (χ1n) is 11.7. The van der Waals surface area contributed by atoms with Crippen LogP contribution in [0.4, 0.5) is 0 Å². The summed E-state index contributed by atoms with van der Waals surface area (Å²) in [4.78, 5) is 16.9. The maximum Gasteiger partial charge on any atom is 0.257 e. The van der Waals surface area contributed by atoms with Crippen molar-refractivity contribution < 1.29 is 14.6 Å². The van der Waals surface area contributed by atoms with Gasteiger partial charge in [0.15, 0.2) is 0 Å². The van der Waals surface area contributed by atoms with Gasteiger partial charge in [-0.15, -0.1) is 0 Å². The molecule has 0 radical (unpaired) electrons. The highest BCUT2D eigenvalue weighted by Gasteiger charge is 2.28. The van der Waals surface area contributed by atoms with Gasteiger partial charge in [-0.3, -0.25) is 4.79 Å². The SMILES string of the molecule is O=C(c1cnn(-c2ccc(OC3CCN(C4CCCC4)CC3)cc2)c1)N1CCC(O)C1. The van der Waals surface area contributed by atoms with Crippen molar-refractivity contribution in [1.82, 2.24) is 19.6 Å². The Morgan fingerprint density at radius 2 is 1.74 bits per heavy atom. The molecule has 31 heavy (non-hydrogen) atoms. The summed E-state index contributed by atoms with van der Waals surface area (Å²) in [6, 6.07) is 8.73. The van der Waals surface area contributed by atoms with E-state index in [1.807, 2.05) is 24.3 Å². The zero-order valence-corrected chi connectivity index (χ0v) is 18.0. The monoisotopic (exact) mass is 424 g/mol. The second-order valence-electron chi connectivity index (χ2n) is 9.15. The molecule has 0 spiro atoms. The van der Waals surface area contributed by atoms with Gasteiger partial charge in [-0.05, 0) is 56.4 Å². The quantitative estimate of drug-likeness (QED) is 0.799. The number of carbonyl (C=O) groups is 1. The molecule has 3 heterocycles. The fourth-order valence-corrected chi connectivity index (χ4v) is 5.18. The molecule has 2 aliphatic heterocycles. The number of amides is 1. The molecule has 3 fully saturated rings. The van der Waals surface area contributed by atoms with Gasteiger partial charge in [0, 0.05) is 38.4 Å². The van der Waals surface area contributed by atoms with E-state index in [9.17, 15) is 9.90 Å². The van der Waals surface area contributed by atoms with Crippen LogP contribution in [-0.4, -0.2) is 75.0 Å². The molecule has 2 saturated heterocycles. The Balaban J connectivity index is 1.15. The molecule has 5 rings (SSSR count). The Kier molecular flexibility index (Phi) is 5.96. The molecular weight excluding hydrogens is 392 g/mol. The Labute approximate surface area is 183 Å². The number of hydrogen-bond acceptors (Lipinski definition) is 5. The molecule has 1 saturated carbocycles. The molecule has 1 aromatic heterocycles. The fourth-order valence-electron chi connectivity index (χ4n) is 5.18. The van der Waals surface area contributed by atoms with E-state index in [2.05, 4.69) is 10.00 Å². The lowest BCUT2D eigenvalue weighted by Crippen LogP contribution is -2.43. The van der Waals surface area contributed by atoms with E-state index < -0.39 is 6.10 Å². The molecule has 1 atom stereocenters. The van der Waals surface area contributed by atoms with Crippen LogP contribution in [0.15, 0.2) is 36.7 Å². The third-order valence-corrected chi connectivity index (χ3v) is 7.00. The number of benzene rings is 1. The summed E-state index contributed by atoms with van der Waals surface area (Å²) in [5.41, 5.74) is 1.44. The van der Waals surface area contributed by atoms with Crippen molar-refractivity contribution in [3.8, 4) is 11.4 Å². The summed E-state index contributed by atoms with van der Waals surface area (Å²) >= 11 is 0. The lowest BCUT2D eigenvalue weighted by molar-refractivity contribution is 0.0763. The van der Waals surface area contributed by atoms with Crippen LogP contribution in [-0.2, 0) is 0 Å². The number of aliphatic hydroxyl groups is 1. The van der Waals surface area contributed by atoms with Gasteiger partial charge in [-0.2, -0.15) is 5.10 Å². The van der Waals surface area contributed by atoms with E-state index in [-0.39, 0.29) is 12.0 Å². The third kappa shape index (κ3) is 4.62. The Hall–Kier alpha value is -2.38. The number of rotatable bonds is 5. The molecular formula is C24H32N4O3. The van der Waals surface area contributed by atoms with Crippen molar-refractivity contribution in [2.75, 3.05) is 26.2 Å². The van der Waals surface area contributed by atoms with E-state index >= 15 is 0 Å². The Bertz CT molecular complexity index is 882. The van der Waals surface area contributed by atoms with Crippen LogP contribution in [0.2, 0.25) is 0 Å². The largest absolute Gasteiger partial charge is 0.490 e. The fraction of sp³-hybridized carbons (Fsp3) is 0.583. The van der Waals surface area contributed by atoms with Crippen LogP contribution in [0.25, 0.3) is 5.69 Å². The first-order valence-corrected chi connectivity index (χ1v) is 11.7. The minimum absolute atomic E-state index is 0.0771. The minimum atomic E-state index is -0.415. The molecule has 2 aromatic rings. The summed E-state index contributed by atoms with van der Waals surface area (Å²) < 4.78 is 7.95. The highest BCUT2D eigenvalue weighted by atomic mass is 16.5. The average molecular weight is 425 g/mol. The van der Waals surface area contributed by atoms with Gasteiger partial charge < -0.3 is 19.6 Å². The van der Waals surface area contributed by atoms with Crippen LogP contribution >= 0.6 is 0 Å². The van der Waals surface area contributed by atoms with Gasteiger partial charge in [0.1, 0.15) is 11.9 Å². The highest BCUT2D eigenvalue weighted by Crippen LogP contribution is 2.28. The number of aromatic nitrogens is 2. The number of β-amino-alcohol motifs (C(OH)–C–C–N with tert-alkyl or cyclic N) is 1. The maximum atomic E-state index is 12.6. The van der Waals surface area contributed by atoms with Crippen molar-refractivity contribution in [2.24, 2.45) is 0 Å². The smallest absolute Gasteiger partial charge is 0.257 e. The normalized spacial score (nSPS) is 23.5. The second kappa shape index (κ2) is 9.01. The zero-order valence-electron chi connectivity index (χ0n) is 18.0. The van der Waals surface area contributed by atoms with E-state index in [4.69, 9.17) is 4.74 Å².